The first-order chi connectivity index (χ1) is 6.20. The van der Waals surface area contributed by atoms with Crippen LogP contribution in [0.5, 0.6) is 0 Å². The van der Waals surface area contributed by atoms with Gasteiger partial charge in [0.25, 0.3) is 0 Å². The molecule has 1 aromatic rings. The molecule has 13 heavy (non-hydrogen) atoms. The van der Waals surface area contributed by atoms with Gasteiger partial charge in [-0.3, -0.25) is 0 Å². The number of nitrogens with zero attached hydrogens (tertiary/aromatic N) is 1. The first kappa shape index (κ1) is 8.29. The van der Waals surface area contributed by atoms with E-state index >= 15 is 0 Å². The van der Waals surface area contributed by atoms with Crippen molar-refractivity contribution >= 4 is 5.97 Å². The molecule has 0 aromatic carbocycles. The Bertz CT molecular complexity index is 339. The Labute approximate surface area is 75.5 Å². The number of hydrogen-bond acceptors (Lipinski definition) is 3. The fourth-order valence-electron chi connectivity index (χ4n) is 1.60. The summed E-state index contributed by atoms with van der Waals surface area (Å²) in [5.41, 5.74) is 0.749. The van der Waals surface area contributed by atoms with Crippen LogP contribution in [0.2, 0.25) is 0 Å². The fraction of sp³-hybridized carbons (Fsp3) is 0.556. The van der Waals surface area contributed by atoms with Crippen LogP contribution in [0.3, 0.4) is 0 Å². The second-order valence-corrected chi connectivity index (χ2v) is 3.44. The van der Waals surface area contributed by atoms with Crippen LogP contribution in [0.1, 0.15) is 47.0 Å². The Morgan fingerprint density at radius 1 is 1.62 bits per heavy atom. The fourth-order valence-corrected chi connectivity index (χ4v) is 1.60. The average molecular weight is 181 g/mol. The highest BCUT2D eigenvalue weighted by Crippen LogP contribution is 2.38. The predicted molar refractivity (Wildman–Crippen MR) is 44.8 cm³/mol. The second-order valence-electron chi connectivity index (χ2n) is 3.44. The van der Waals surface area contributed by atoms with Crippen LogP contribution in [-0.4, -0.2) is 16.2 Å². The van der Waals surface area contributed by atoms with E-state index < -0.39 is 5.97 Å². The van der Waals surface area contributed by atoms with Crippen molar-refractivity contribution in [2.75, 3.05) is 0 Å². The number of carboxylic acid groups (broad SMARTS) is 1. The predicted octanol–water partition coefficient (Wildman–Crippen LogP) is 1.95. The third-order valence-electron chi connectivity index (χ3n) is 2.58. The van der Waals surface area contributed by atoms with E-state index in [0.29, 0.717) is 11.5 Å². The van der Waals surface area contributed by atoms with Crippen molar-refractivity contribution in [1.82, 2.24) is 5.16 Å². The van der Waals surface area contributed by atoms with Gasteiger partial charge in [-0.15, -0.1) is 0 Å². The number of aryl methyl sites for hydroxylation is 1. The molecule has 1 aromatic heterocycles. The van der Waals surface area contributed by atoms with Crippen LogP contribution in [0.25, 0.3) is 0 Å². The third kappa shape index (κ3) is 1.22. The highest BCUT2D eigenvalue weighted by atomic mass is 16.5. The molecule has 0 aliphatic heterocycles. The molecule has 0 atom stereocenters. The van der Waals surface area contributed by atoms with Crippen LogP contribution in [-0.2, 0) is 0 Å². The Kier molecular flexibility index (Phi) is 1.83. The van der Waals surface area contributed by atoms with Crippen molar-refractivity contribution in [3.05, 3.63) is 17.0 Å². The minimum Gasteiger partial charge on any atom is -0.477 e. The van der Waals surface area contributed by atoms with Crippen LogP contribution >= 0.6 is 0 Å². The Hall–Kier alpha value is -1.32. The SMILES string of the molecule is Cc1noc(C2CCC2)c1C(=O)O. The quantitative estimate of drug-likeness (QED) is 0.757. The number of aromatic nitrogens is 1. The van der Waals surface area contributed by atoms with E-state index in [4.69, 9.17) is 9.63 Å². The maximum absolute atomic E-state index is 10.8. The summed E-state index contributed by atoms with van der Waals surface area (Å²) in [7, 11) is 0. The summed E-state index contributed by atoms with van der Waals surface area (Å²) in [6, 6.07) is 0. The third-order valence-corrected chi connectivity index (χ3v) is 2.58. The molecule has 0 unspecified atom stereocenters. The molecule has 4 heteroatoms. The molecular weight excluding hydrogens is 170 g/mol. The zero-order chi connectivity index (χ0) is 9.42. The van der Waals surface area contributed by atoms with Crippen molar-refractivity contribution in [3.8, 4) is 0 Å². The Morgan fingerprint density at radius 2 is 2.31 bits per heavy atom. The van der Waals surface area contributed by atoms with E-state index in [1.165, 1.54) is 0 Å². The molecular formula is C9H11NO3. The lowest BCUT2D eigenvalue weighted by molar-refractivity contribution is 0.0691. The van der Waals surface area contributed by atoms with Crippen LogP contribution in [0.4, 0.5) is 0 Å². The molecule has 0 bridgehead atoms. The number of aromatic carboxylic acids is 1. The summed E-state index contributed by atoms with van der Waals surface area (Å²) in [5, 5.41) is 12.6. The van der Waals surface area contributed by atoms with Gasteiger partial charge in [0.1, 0.15) is 5.56 Å². The standard InChI is InChI=1S/C9H11NO3/c1-5-7(9(11)12)8(13-10-5)6-3-2-4-6/h6H,2-4H2,1H3,(H,11,12). The molecule has 1 saturated carbocycles. The summed E-state index contributed by atoms with van der Waals surface area (Å²) in [6.07, 6.45) is 3.20. The van der Waals surface area contributed by atoms with Gasteiger partial charge in [0.15, 0.2) is 5.76 Å². The molecule has 2 rings (SSSR count). The Balaban J connectivity index is 2.38. The topological polar surface area (TPSA) is 63.3 Å². The summed E-state index contributed by atoms with van der Waals surface area (Å²) < 4.78 is 5.03. The molecule has 70 valence electrons. The molecule has 1 fully saturated rings. The molecule has 4 nitrogen and oxygen atoms in total. The van der Waals surface area contributed by atoms with Crippen molar-refractivity contribution in [3.63, 3.8) is 0 Å². The monoisotopic (exact) mass is 181 g/mol. The smallest absolute Gasteiger partial charge is 0.341 e. The van der Waals surface area contributed by atoms with E-state index in [9.17, 15) is 4.79 Å². The van der Waals surface area contributed by atoms with Crippen LogP contribution < -0.4 is 0 Å². The van der Waals surface area contributed by atoms with Crippen molar-refractivity contribution < 1.29 is 14.4 Å². The van der Waals surface area contributed by atoms with Crippen LogP contribution in [0.15, 0.2) is 4.52 Å². The number of carbonyl (C=O) groups is 1. The maximum Gasteiger partial charge on any atom is 0.341 e. The van der Waals surface area contributed by atoms with Gasteiger partial charge in [0.2, 0.25) is 0 Å². The second kappa shape index (κ2) is 2.87. The largest absolute Gasteiger partial charge is 0.477 e. The van der Waals surface area contributed by atoms with Gasteiger partial charge in [0.05, 0.1) is 5.69 Å². The molecule has 1 aliphatic carbocycles. The van der Waals surface area contributed by atoms with Gasteiger partial charge in [-0.2, -0.15) is 0 Å². The summed E-state index contributed by atoms with van der Waals surface area (Å²) in [4.78, 5) is 10.8. The molecule has 0 spiro atoms. The molecule has 1 heterocycles. The average Bonchev–Trinajstić information content (AvgIpc) is 2.28. The van der Waals surface area contributed by atoms with Gasteiger partial charge in [-0.05, 0) is 19.8 Å². The normalized spacial score (nSPS) is 17.0. The van der Waals surface area contributed by atoms with E-state index in [1.54, 1.807) is 6.92 Å². The maximum atomic E-state index is 10.8. The minimum absolute atomic E-state index is 0.268. The Morgan fingerprint density at radius 3 is 2.77 bits per heavy atom. The van der Waals surface area contributed by atoms with E-state index in [1.807, 2.05) is 0 Å². The van der Waals surface area contributed by atoms with Gasteiger partial charge in [-0.25, -0.2) is 4.79 Å². The van der Waals surface area contributed by atoms with Gasteiger partial charge >= 0.3 is 5.97 Å². The molecule has 0 radical (unpaired) electrons. The first-order valence-electron chi connectivity index (χ1n) is 4.39. The summed E-state index contributed by atoms with van der Waals surface area (Å²) in [6.45, 7) is 1.66. The van der Waals surface area contributed by atoms with Gasteiger partial charge in [0, 0.05) is 5.92 Å². The van der Waals surface area contributed by atoms with Crippen molar-refractivity contribution in [2.24, 2.45) is 0 Å². The number of hydrogen-bond donors (Lipinski definition) is 1. The van der Waals surface area contributed by atoms with E-state index in [-0.39, 0.29) is 11.5 Å². The molecule has 1 aliphatic rings. The lowest BCUT2D eigenvalue weighted by atomic mass is 9.82. The first-order valence-corrected chi connectivity index (χ1v) is 4.39. The van der Waals surface area contributed by atoms with Crippen LogP contribution in [0, 0.1) is 6.92 Å². The van der Waals surface area contributed by atoms with E-state index in [2.05, 4.69) is 5.16 Å². The highest BCUT2D eigenvalue weighted by Gasteiger charge is 2.30. The number of rotatable bonds is 2. The van der Waals surface area contributed by atoms with Gasteiger partial charge in [-0.1, -0.05) is 11.6 Å². The summed E-state index contributed by atoms with van der Waals surface area (Å²) >= 11 is 0. The van der Waals surface area contributed by atoms with E-state index in [0.717, 1.165) is 19.3 Å². The minimum atomic E-state index is -0.930. The lowest BCUT2D eigenvalue weighted by Crippen LogP contribution is -2.12. The number of carboxylic acids is 1. The van der Waals surface area contributed by atoms with Crippen molar-refractivity contribution in [2.45, 2.75) is 32.1 Å². The zero-order valence-corrected chi connectivity index (χ0v) is 7.41. The van der Waals surface area contributed by atoms with Gasteiger partial charge < -0.3 is 9.63 Å². The molecule has 1 N–H and O–H groups in total. The lowest BCUT2D eigenvalue weighted by Gasteiger charge is -2.22. The molecule has 0 saturated heterocycles. The zero-order valence-electron chi connectivity index (χ0n) is 7.41. The molecule has 0 amide bonds. The van der Waals surface area contributed by atoms with Crippen molar-refractivity contribution in [1.29, 1.82) is 0 Å². The highest BCUT2D eigenvalue weighted by molar-refractivity contribution is 5.90. The summed E-state index contributed by atoms with van der Waals surface area (Å²) in [5.74, 6) is -0.0794.